The molecule has 0 fully saturated rings. The molecule has 3 aromatic rings. The van der Waals surface area contributed by atoms with Crippen LogP contribution in [0.2, 0.25) is 5.02 Å². The van der Waals surface area contributed by atoms with Gasteiger partial charge in [0, 0.05) is 20.7 Å². The van der Waals surface area contributed by atoms with Crippen molar-refractivity contribution in [3.8, 4) is 11.5 Å². The van der Waals surface area contributed by atoms with Crippen molar-refractivity contribution >= 4 is 50.9 Å². The van der Waals surface area contributed by atoms with Crippen LogP contribution in [0.4, 0.5) is 5.69 Å². The molecule has 5 nitrogen and oxygen atoms in total. The fraction of sp³-hybridized carbons (Fsp3) is 0.0625. The molecule has 1 aromatic heterocycles. The summed E-state index contributed by atoms with van der Waals surface area (Å²) >= 11 is 10.4. The number of aromatic nitrogens is 2. The zero-order chi connectivity index (χ0) is 16.9. The fourth-order valence-corrected chi connectivity index (χ4v) is 2.79. The Balaban J connectivity index is 1.56. The van der Waals surface area contributed by atoms with Crippen LogP contribution in [-0.4, -0.2) is 21.9 Å². The molecule has 0 aliphatic heterocycles. The summed E-state index contributed by atoms with van der Waals surface area (Å²) in [7, 11) is 0. The van der Waals surface area contributed by atoms with E-state index in [-0.39, 0.29) is 11.7 Å². The van der Waals surface area contributed by atoms with E-state index in [1.54, 1.807) is 24.3 Å². The second kappa shape index (κ2) is 7.83. The molecule has 0 unspecified atom stereocenters. The number of nitrogens with zero attached hydrogens (tertiary/aromatic N) is 2. The van der Waals surface area contributed by atoms with Gasteiger partial charge >= 0.3 is 0 Å². The summed E-state index contributed by atoms with van der Waals surface area (Å²) in [6, 6.07) is 14.4. The molecule has 2 aromatic carbocycles. The van der Waals surface area contributed by atoms with Crippen LogP contribution in [0.5, 0.6) is 0 Å². The number of anilines is 1. The minimum absolute atomic E-state index is 0.161. The van der Waals surface area contributed by atoms with E-state index in [2.05, 4.69) is 31.4 Å². The van der Waals surface area contributed by atoms with Gasteiger partial charge in [-0.1, -0.05) is 39.3 Å². The molecule has 0 saturated carbocycles. The second-order valence-electron chi connectivity index (χ2n) is 4.72. The van der Waals surface area contributed by atoms with Crippen LogP contribution in [0.3, 0.4) is 0 Å². The summed E-state index contributed by atoms with van der Waals surface area (Å²) in [5.41, 5.74) is 1.51. The van der Waals surface area contributed by atoms with Gasteiger partial charge in [0.15, 0.2) is 0 Å². The van der Waals surface area contributed by atoms with E-state index in [9.17, 15) is 4.79 Å². The van der Waals surface area contributed by atoms with Crippen molar-refractivity contribution in [1.82, 2.24) is 10.2 Å². The van der Waals surface area contributed by atoms with E-state index in [4.69, 9.17) is 16.0 Å². The molecule has 122 valence electrons. The first-order chi connectivity index (χ1) is 11.6. The molecule has 0 radical (unpaired) electrons. The Morgan fingerprint density at radius 3 is 2.54 bits per heavy atom. The number of carbonyl (C=O) groups is 1. The van der Waals surface area contributed by atoms with Crippen molar-refractivity contribution in [3.05, 3.63) is 58.0 Å². The Hall–Kier alpha value is -1.83. The number of hydrogen-bond donors (Lipinski definition) is 1. The normalized spacial score (nSPS) is 10.6. The number of hydrogen-bond acceptors (Lipinski definition) is 5. The SMILES string of the molecule is O=C(CSc1nnc(-c2ccc(Br)cc2)o1)Nc1ccc(Cl)cc1. The minimum atomic E-state index is -0.161. The highest BCUT2D eigenvalue weighted by atomic mass is 79.9. The topological polar surface area (TPSA) is 68.0 Å². The lowest BCUT2D eigenvalue weighted by molar-refractivity contribution is -0.113. The molecule has 1 heterocycles. The Morgan fingerprint density at radius 1 is 1.12 bits per heavy atom. The zero-order valence-corrected chi connectivity index (χ0v) is 15.4. The van der Waals surface area contributed by atoms with Crippen molar-refractivity contribution in [2.45, 2.75) is 5.22 Å². The maximum absolute atomic E-state index is 11.9. The molecule has 24 heavy (non-hydrogen) atoms. The smallest absolute Gasteiger partial charge is 0.277 e. The Kier molecular flexibility index (Phi) is 5.55. The molecule has 0 aliphatic rings. The van der Waals surface area contributed by atoms with Gasteiger partial charge in [-0.2, -0.15) is 0 Å². The molecule has 3 rings (SSSR count). The molecule has 1 N–H and O–H groups in total. The monoisotopic (exact) mass is 423 g/mol. The fourth-order valence-electron chi connectivity index (χ4n) is 1.83. The molecule has 1 amide bonds. The number of nitrogens with one attached hydrogen (secondary N) is 1. The first kappa shape index (κ1) is 17.0. The maximum atomic E-state index is 11.9. The van der Waals surface area contributed by atoms with E-state index >= 15 is 0 Å². The molecule has 0 bridgehead atoms. The van der Waals surface area contributed by atoms with Crippen molar-refractivity contribution in [3.63, 3.8) is 0 Å². The highest BCUT2D eigenvalue weighted by Gasteiger charge is 2.11. The van der Waals surface area contributed by atoms with Gasteiger partial charge < -0.3 is 9.73 Å². The Bertz CT molecular complexity index is 837. The zero-order valence-electron chi connectivity index (χ0n) is 12.2. The predicted octanol–water partition coefficient (Wildman–Crippen LogP) is 4.88. The largest absolute Gasteiger partial charge is 0.411 e. The average molecular weight is 425 g/mol. The van der Waals surface area contributed by atoms with Crippen molar-refractivity contribution in [2.75, 3.05) is 11.1 Å². The van der Waals surface area contributed by atoms with Crippen LogP contribution >= 0.6 is 39.3 Å². The summed E-state index contributed by atoms with van der Waals surface area (Å²) in [6.07, 6.45) is 0. The van der Waals surface area contributed by atoms with Crippen molar-refractivity contribution < 1.29 is 9.21 Å². The highest BCUT2D eigenvalue weighted by molar-refractivity contribution is 9.10. The lowest BCUT2D eigenvalue weighted by Crippen LogP contribution is -2.13. The number of amides is 1. The third-order valence-electron chi connectivity index (χ3n) is 2.95. The molecule has 0 aliphatic carbocycles. The molecule has 0 saturated heterocycles. The van der Waals surface area contributed by atoms with E-state index in [1.807, 2.05) is 24.3 Å². The lowest BCUT2D eigenvalue weighted by Gasteiger charge is -2.03. The van der Waals surface area contributed by atoms with Gasteiger partial charge in [-0.25, -0.2) is 0 Å². The quantitative estimate of drug-likeness (QED) is 0.591. The number of carbonyl (C=O) groups excluding carboxylic acids is 1. The summed E-state index contributed by atoms with van der Waals surface area (Å²) in [6.45, 7) is 0. The van der Waals surface area contributed by atoms with Crippen molar-refractivity contribution in [1.29, 1.82) is 0 Å². The van der Waals surface area contributed by atoms with E-state index < -0.39 is 0 Å². The number of rotatable bonds is 5. The maximum Gasteiger partial charge on any atom is 0.277 e. The number of thioether (sulfide) groups is 1. The van der Waals surface area contributed by atoms with Crippen LogP contribution < -0.4 is 5.32 Å². The van der Waals surface area contributed by atoms with Crippen LogP contribution in [0.1, 0.15) is 0 Å². The summed E-state index contributed by atoms with van der Waals surface area (Å²) in [4.78, 5) is 11.9. The number of benzene rings is 2. The van der Waals surface area contributed by atoms with Gasteiger partial charge in [0.2, 0.25) is 11.8 Å². The van der Waals surface area contributed by atoms with Crippen LogP contribution in [-0.2, 0) is 4.79 Å². The molecular formula is C16H11BrClN3O2S. The first-order valence-electron chi connectivity index (χ1n) is 6.88. The van der Waals surface area contributed by atoms with Gasteiger partial charge in [-0.05, 0) is 48.5 Å². The van der Waals surface area contributed by atoms with E-state index in [0.717, 1.165) is 10.0 Å². The second-order valence-corrected chi connectivity index (χ2v) is 7.00. The summed E-state index contributed by atoms with van der Waals surface area (Å²) < 4.78 is 6.53. The van der Waals surface area contributed by atoms with Gasteiger partial charge in [0.25, 0.3) is 5.22 Å². The van der Waals surface area contributed by atoms with Gasteiger partial charge in [0.1, 0.15) is 0 Å². The van der Waals surface area contributed by atoms with Gasteiger partial charge in [-0.15, -0.1) is 10.2 Å². The standard InChI is InChI=1S/C16H11BrClN3O2S/c17-11-3-1-10(2-4-11)15-20-21-16(23-15)24-9-14(22)19-13-7-5-12(18)6-8-13/h1-8H,9H2,(H,19,22). The Labute approximate surface area is 155 Å². The predicted molar refractivity (Wildman–Crippen MR) is 98.2 cm³/mol. The molecule has 0 atom stereocenters. The molecule has 0 spiro atoms. The first-order valence-corrected chi connectivity index (χ1v) is 9.03. The van der Waals surface area contributed by atoms with Crippen LogP contribution in [0.25, 0.3) is 11.5 Å². The van der Waals surface area contributed by atoms with Gasteiger partial charge in [-0.3, -0.25) is 4.79 Å². The Morgan fingerprint density at radius 2 is 1.83 bits per heavy atom. The minimum Gasteiger partial charge on any atom is -0.411 e. The van der Waals surface area contributed by atoms with E-state index in [1.165, 1.54) is 11.8 Å². The average Bonchev–Trinajstić information content (AvgIpc) is 3.05. The molecular weight excluding hydrogens is 414 g/mol. The molecule has 8 heteroatoms. The summed E-state index contributed by atoms with van der Waals surface area (Å²) in [5.74, 6) is 0.429. The highest BCUT2D eigenvalue weighted by Crippen LogP contribution is 2.24. The lowest BCUT2D eigenvalue weighted by atomic mass is 10.2. The van der Waals surface area contributed by atoms with Crippen molar-refractivity contribution in [2.24, 2.45) is 0 Å². The van der Waals surface area contributed by atoms with E-state index in [0.29, 0.717) is 21.8 Å². The van der Waals surface area contributed by atoms with Gasteiger partial charge in [0.05, 0.1) is 5.75 Å². The third kappa shape index (κ3) is 4.59. The third-order valence-corrected chi connectivity index (χ3v) is 4.55. The van der Waals surface area contributed by atoms with Crippen LogP contribution in [0, 0.1) is 0 Å². The van der Waals surface area contributed by atoms with Crippen LogP contribution in [0.15, 0.2) is 62.6 Å². The number of halogens is 2. The summed E-state index contributed by atoms with van der Waals surface area (Å²) in [5, 5.41) is 11.7.